The number of piperidine rings is 1. The van der Waals surface area contributed by atoms with Crippen molar-refractivity contribution in [2.75, 3.05) is 18.0 Å². The largest absolute Gasteiger partial charge is 0.480 e. The number of rotatable bonds is 7. The molecule has 3 rings (SSSR count). The first-order valence-electron chi connectivity index (χ1n) is 11.1. The summed E-state index contributed by atoms with van der Waals surface area (Å²) in [6.07, 6.45) is 1.76. The van der Waals surface area contributed by atoms with Crippen LogP contribution >= 0.6 is 0 Å². The SMILES string of the molecule is CC#CCn1c(N2CCC[C@@H](N)C2)cc(=O)n(Cc2cccc(C(=O)N[C@@H](C)C(=O)O)c2)c1=O. The Morgan fingerprint density at radius 3 is 2.71 bits per heavy atom. The predicted octanol–water partition coefficient (Wildman–Crippen LogP) is 0.212. The Balaban J connectivity index is 1.95. The summed E-state index contributed by atoms with van der Waals surface area (Å²) in [6.45, 7) is 4.37. The van der Waals surface area contributed by atoms with Crippen LogP contribution in [0.1, 0.15) is 42.6 Å². The molecule has 1 amide bonds. The van der Waals surface area contributed by atoms with E-state index in [1.54, 1.807) is 19.1 Å². The summed E-state index contributed by atoms with van der Waals surface area (Å²) in [5.41, 5.74) is 5.92. The Kier molecular flexibility index (Phi) is 7.91. The molecule has 10 heteroatoms. The van der Waals surface area contributed by atoms with E-state index in [0.717, 1.165) is 17.4 Å². The number of amides is 1. The van der Waals surface area contributed by atoms with E-state index in [-0.39, 0.29) is 24.7 Å². The maximum absolute atomic E-state index is 13.3. The summed E-state index contributed by atoms with van der Waals surface area (Å²) >= 11 is 0. The molecule has 1 aromatic carbocycles. The normalized spacial score (nSPS) is 16.3. The third kappa shape index (κ3) is 5.74. The van der Waals surface area contributed by atoms with Crippen LogP contribution in [-0.2, 0) is 17.9 Å². The molecule has 1 fully saturated rings. The van der Waals surface area contributed by atoms with Gasteiger partial charge in [0.2, 0.25) is 0 Å². The van der Waals surface area contributed by atoms with E-state index in [0.29, 0.717) is 24.5 Å². The van der Waals surface area contributed by atoms with Crippen LogP contribution in [-0.4, -0.2) is 51.3 Å². The van der Waals surface area contributed by atoms with Gasteiger partial charge in [-0.3, -0.25) is 23.5 Å². The van der Waals surface area contributed by atoms with E-state index in [2.05, 4.69) is 17.2 Å². The number of carbonyl (C=O) groups is 2. The van der Waals surface area contributed by atoms with E-state index in [1.807, 2.05) is 4.90 Å². The zero-order valence-electron chi connectivity index (χ0n) is 19.3. The maximum Gasteiger partial charge on any atom is 0.333 e. The van der Waals surface area contributed by atoms with Gasteiger partial charge in [0.05, 0.1) is 13.1 Å². The van der Waals surface area contributed by atoms with Crippen LogP contribution in [0, 0.1) is 11.8 Å². The van der Waals surface area contributed by atoms with Crippen molar-refractivity contribution in [3.63, 3.8) is 0 Å². The van der Waals surface area contributed by atoms with Crippen molar-refractivity contribution in [3.8, 4) is 11.8 Å². The lowest BCUT2D eigenvalue weighted by Crippen LogP contribution is -2.48. The molecule has 180 valence electrons. The minimum atomic E-state index is -1.15. The van der Waals surface area contributed by atoms with Gasteiger partial charge in [-0.1, -0.05) is 18.1 Å². The summed E-state index contributed by atoms with van der Waals surface area (Å²) < 4.78 is 2.57. The highest BCUT2D eigenvalue weighted by molar-refractivity contribution is 5.96. The Labute approximate surface area is 197 Å². The number of nitrogens with one attached hydrogen (secondary N) is 1. The van der Waals surface area contributed by atoms with Crippen LogP contribution in [0.5, 0.6) is 0 Å². The number of anilines is 1. The van der Waals surface area contributed by atoms with Crippen molar-refractivity contribution in [2.24, 2.45) is 5.73 Å². The van der Waals surface area contributed by atoms with Crippen molar-refractivity contribution < 1.29 is 14.7 Å². The monoisotopic (exact) mass is 467 g/mol. The molecular weight excluding hydrogens is 438 g/mol. The number of aliphatic carboxylic acids is 1. The highest BCUT2D eigenvalue weighted by atomic mass is 16.4. The number of aromatic nitrogens is 2. The third-order valence-corrected chi connectivity index (χ3v) is 5.70. The highest BCUT2D eigenvalue weighted by Gasteiger charge is 2.22. The molecule has 1 saturated heterocycles. The fourth-order valence-electron chi connectivity index (χ4n) is 3.87. The average molecular weight is 468 g/mol. The fourth-order valence-corrected chi connectivity index (χ4v) is 3.87. The van der Waals surface area contributed by atoms with Crippen LogP contribution in [0.3, 0.4) is 0 Å². The Hall–Kier alpha value is -3.84. The van der Waals surface area contributed by atoms with Crippen LogP contribution in [0.15, 0.2) is 39.9 Å². The van der Waals surface area contributed by atoms with Crippen LogP contribution in [0.2, 0.25) is 0 Å². The molecule has 1 aromatic heterocycles. The molecule has 4 N–H and O–H groups in total. The molecule has 0 saturated carbocycles. The lowest BCUT2D eigenvalue weighted by atomic mass is 10.1. The molecular formula is C24H29N5O5. The summed E-state index contributed by atoms with van der Waals surface area (Å²) in [5.74, 6) is 4.47. The molecule has 1 aliphatic heterocycles. The van der Waals surface area contributed by atoms with E-state index in [4.69, 9.17) is 10.8 Å². The van der Waals surface area contributed by atoms with Crippen molar-refractivity contribution in [1.29, 1.82) is 0 Å². The van der Waals surface area contributed by atoms with Crippen molar-refractivity contribution in [1.82, 2.24) is 14.5 Å². The minimum absolute atomic E-state index is 0.0327. The number of hydrogen-bond acceptors (Lipinski definition) is 6. The first-order chi connectivity index (χ1) is 16.2. The van der Waals surface area contributed by atoms with Crippen LogP contribution in [0.25, 0.3) is 0 Å². The minimum Gasteiger partial charge on any atom is -0.480 e. The number of carbonyl (C=O) groups excluding carboxylic acids is 1. The molecule has 1 aliphatic rings. The summed E-state index contributed by atoms with van der Waals surface area (Å²) in [5, 5.41) is 11.4. The Morgan fingerprint density at radius 2 is 2.03 bits per heavy atom. The van der Waals surface area contributed by atoms with Crippen LogP contribution < -0.4 is 27.2 Å². The second kappa shape index (κ2) is 10.9. The predicted molar refractivity (Wildman–Crippen MR) is 128 cm³/mol. The molecule has 0 bridgehead atoms. The first kappa shape index (κ1) is 24.8. The Bertz CT molecular complexity index is 1250. The van der Waals surface area contributed by atoms with Crippen molar-refractivity contribution in [3.05, 3.63) is 62.3 Å². The van der Waals surface area contributed by atoms with Gasteiger partial charge in [0, 0.05) is 30.8 Å². The molecule has 0 spiro atoms. The van der Waals surface area contributed by atoms with Gasteiger partial charge in [-0.15, -0.1) is 5.92 Å². The lowest BCUT2D eigenvalue weighted by molar-refractivity contribution is -0.138. The second-order valence-corrected chi connectivity index (χ2v) is 8.30. The van der Waals surface area contributed by atoms with Gasteiger partial charge in [-0.2, -0.15) is 0 Å². The topological polar surface area (TPSA) is 140 Å². The smallest absolute Gasteiger partial charge is 0.333 e. The van der Waals surface area contributed by atoms with Gasteiger partial charge < -0.3 is 21.1 Å². The lowest BCUT2D eigenvalue weighted by Gasteiger charge is -2.33. The molecule has 2 atom stereocenters. The molecule has 2 heterocycles. The maximum atomic E-state index is 13.3. The Morgan fingerprint density at radius 1 is 1.26 bits per heavy atom. The molecule has 0 aliphatic carbocycles. The zero-order valence-corrected chi connectivity index (χ0v) is 19.3. The molecule has 0 radical (unpaired) electrons. The van der Waals surface area contributed by atoms with E-state index in [1.165, 1.54) is 29.7 Å². The number of nitrogens with two attached hydrogens (primary N) is 1. The molecule has 10 nitrogen and oxygen atoms in total. The number of carboxylic acids is 1. The summed E-state index contributed by atoms with van der Waals surface area (Å²) in [7, 11) is 0. The van der Waals surface area contributed by atoms with Crippen molar-refractivity contribution in [2.45, 2.75) is 51.9 Å². The van der Waals surface area contributed by atoms with E-state index < -0.39 is 29.2 Å². The van der Waals surface area contributed by atoms with Crippen molar-refractivity contribution >= 4 is 17.7 Å². The number of benzene rings is 1. The van der Waals surface area contributed by atoms with Gasteiger partial charge >= 0.3 is 11.7 Å². The number of nitrogens with zero attached hydrogens (tertiary/aromatic N) is 3. The summed E-state index contributed by atoms with van der Waals surface area (Å²) in [4.78, 5) is 51.6. The van der Waals surface area contributed by atoms with Gasteiger partial charge in [-0.05, 0) is 44.4 Å². The number of carboxylic acid groups (broad SMARTS) is 1. The molecule has 34 heavy (non-hydrogen) atoms. The molecule has 2 aromatic rings. The van der Waals surface area contributed by atoms with E-state index >= 15 is 0 Å². The highest BCUT2D eigenvalue weighted by Crippen LogP contribution is 2.17. The zero-order chi connectivity index (χ0) is 24.8. The quantitative estimate of drug-likeness (QED) is 0.495. The summed E-state index contributed by atoms with van der Waals surface area (Å²) in [6, 6.07) is 6.72. The average Bonchev–Trinajstić information content (AvgIpc) is 2.81. The van der Waals surface area contributed by atoms with Crippen LogP contribution in [0.4, 0.5) is 5.82 Å². The first-order valence-corrected chi connectivity index (χ1v) is 11.1. The standard InChI is InChI=1S/C24H29N5O5/c1-3-4-11-28-20(27-10-6-9-19(25)15-27)13-21(30)29(24(28)34)14-17-7-5-8-18(12-17)22(31)26-16(2)23(32)33/h5,7-8,12-13,16,19H,6,9-11,14-15,25H2,1-2H3,(H,26,31)(H,32,33)/t16-,19+/m0/s1. The van der Waals surface area contributed by atoms with E-state index in [9.17, 15) is 19.2 Å². The second-order valence-electron chi connectivity index (χ2n) is 8.30. The van der Waals surface area contributed by atoms with Gasteiger partial charge in [0.1, 0.15) is 11.9 Å². The molecule has 0 unspecified atom stereocenters. The van der Waals surface area contributed by atoms with Gasteiger partial charge in [0.15, 0.2) is 0 Å². The third-order valence-electron chi connectivity index (χ3n) is 5.70. The van der Waals surface area contributed by atoms with Gasteiger partial charge in [0.25, 0.3) is 11.5 Å². The van der Waals surface area contributed by atoms with Gasteiger partial charge in [-0.25, -0.2) is 4.79 Å². The number of hydrogen-bond donors (Lipinski definition) is 3. The fraction of sp³-hybridized carbons (Fsp3) is 0.417.